The van der Waals surface area contributed by atoms with E-state index >= 15 is 0 Å². The third-order valence-corrected chi connectivity index (χ3v) is 4.95. The lowest BCUT2D eigenvalue weighted by Gasteiger charge is -2.33. The van der Waals surface area contributed by atoms with E-state index in [1.165, 1.54) is 12.8 Å². The number of rotatable bonds is 4. The number of aromatic nitrogens is 2. The Balaban J connectivity index is 1.68. The van der Waals surface area contributed by atoms with Crippen LogP contribution in [0.15, 0.2) is 36.4 Å². The van der Waals surface area contributed by atoms with Gasteiger partial charge in [0.2, 0.25) is 12.4 Å². The van der Waals surface area contributed by atoms with Crippen LogP contribution in [-0.2, 0) is 4.79 Å². The second kappa shape index (κ2) is 7.09. The van der Waals surface area contributed by atoms with Crippen LogP contribution in [0.5, 0.6) is 0 Å². The SMILES string of the molecule is O=CN1CCN(c2cc(-c3ccccc3)nc(N3CCCC3)n2)CC1. The van der Waals surface area contributed by atoms with Gasteiger partial charge in [-0.05, 0) is 12.8 Å². The van der Waals surface area contributed by atoms with E-state index in [1.807, 2.05) is 23.1 Å². The highest BCUT2D eigenvalue weighted by atomic mass is 16.1. The van der Waals surface area contributed by atoms with Crippen LogP contribution >= 0.6 is 0 Å². The third kappa shape index (κ3) is 3.43. The lowest BCUT2D eigenvalue weighted by molar-refractivity contribution is -0.118. The Morgan fingerprint density at radius 1 is 0.840 bits per heavy atom. The van der Waals surface area contributed by atoms with E-state index in [9.17, 15) is 4.79 Å². The van der Waals surface area contributed by atoms with Crippen LogP contribution in [0, 0.1) is 0 Å². The first-order valence-electron chi connectivity index (χ1n) is 8.97. The summed E-state index contributed by atoms with van der Waals surface area (Å²) in [6.45, 7) is 5.15. The zero-order valence-electron chi connectivity index (χ0n) is 14.3. The third-order valence-electron chi connectivity index (χ3n) is 4.95. The van der Waals surface area contributed by atoms with Gasteiger partial charge in [-0.2, -0.15) is 4.98 Å². The topological polar surface area (TPSA) is 52.6 Å². The molecular formula is C19H23N5O. The van der Waals surface area contributed by atoms with Crippen molar-refractivity contribution >= 4 is 18.2 Å². The number of hydrogen-bond acceptors (Lipinski definition) is 5. The summed E-state index contributed by atoms with van der Waals surface area (Å²) in [5.74, 6) is 1.79. The maximum atomic E-state index is 10.9. The standard InChI is InChI=1S/C19H23N5O/c25-15-22-10-12-23(13-11-22)18-14-17(16-6-2-1-3-7-16)20-19(21-18)24-8-4-5-9-24/h1-3,6-7,14-15H,4-5,8-13H2. The van der Waals surface area contributed by atoms with Crippen LogP contribution in [0.4, 0.5) is 11.8 Å². The van der Waals surface area contributed by atoms with Crippen molar-refractivity contribution in [1.29, 1.82) is 0 Å². The summed E-state index contributed by atoms with van der Waals surface area (Å²) in [4.78, 5) is 27.0. The van der Waals surface area contributed by atoms with Crippen molar-refractivity contribution in [2.45, 2.75) is 12.8 Å². The number of carbonyl (C=O) groups excluding carboxylic acids is 1. The molecule has 25 heavy (non-hydrogen) atoms. The average molecular weight is 337 g/mol. The molecule has 0 unspecified atom stereocenters. The van der Waals surface area contributed by atoms with E-state index in [2.05, 4.69) is 28.0 Å². The minimum atomic E-state index is 0.743. The molecule has 0 spiro atoms. The minimum absolute atomic E-state index is 0.743. The van der Waals surface area contributed by atoms with Gasteiger partial charge in [-0.15, -0.1) is 0 Å². The molecule has 6 heteroatoms. The van der Waals surface area contributed by atoms with Gasteiger partial charge in [-0.1, -0.05) is 30.3 Å². The van der Waals surface area contributed by atoms with Crippen molar-refractivity contribution in [3.05, 3.63) is 36.4 Å². The van der Waals surface area contributed by atoms with Gasteiger partial charge in [-0.25, -0.2) is 4.98 Å². The van der Waals surface area contributed by atoms with Gasteiger partial charge < -0.3 is 14.7 Å². The van der Waals surface area contributed by atoms with Crippen LogP contribution in [0.25, 0.3) is 11.3 Å². The molecule has 130 valence electrons. The highest BCUT2D eigenvalue weighted by Crippen LogP contribution is 2.27. The van der Waals surface area contributed by atoms with Gasteiger partial charge in [0, 0.05) is 50.9 Å². The largest absolute Gasteiger partial charge is 0.353 e. The van der Waals surface area contributed by atoms with Crippen LogP contribution in [-0.4, -0.2) is 60.5 Å². The molecule has 2 saturated heterocycles. The van der Waals surface area contributed by atoms with Gasteiger partial charge in [0.05, 0.1) is 5.69 Å². The molecular weight excluding hydrogens is 314 g/mol. The Morgan fingerprint density at radius 3 is 2.24 bits per heavy atom. The number of nitrogens with zero attached hydrogens (tertiary/aromatic N) is 5. The van der Waals surface area contributed by atoms with Gasteiger partial charge in [0.15, 0.2) is 0 Å². The molecule has 4 rings (SSSR count). The summed E-state index contributed by atoms with van der Waals surface area (Å²) < 4.78 is 0. The summed E-state index contributed by atoms with van der Waals surface area (Å²) in [6, 6.07) is 12.3. The molecule has 0 radical (unpaired) electrons. The lowest BCUT2D eigenvalue weighted by Crippen LogP contribution is -2.46. The molecule has 2 fully saturated rings. The molecule has 6 nitrogen and oxygen atoms in total. The fourth-order valence-corrected chi connectivity index (χ4v) is 3.46. The molecule has 2 aliphatic rings. The second-order valence-electron chi connectivity index (χ2n) is 6.60. The minimum Gasteiger partial charge on any atom is -0.353 e. The van der Waals surface area contributed by atoms with Crippen molar-refractivity contribution in [2.75, 3.05) is 49.1 Å². The van der Waals surface area contributed by atoms with Gasteiger partial charge in [-0.3, -0.25) is 4.79 Å². The van der Waals surface area contributed by atoms with Crippen LogP contribution in [0.1, 0.15) is 12.8 Å². The zero-order chi connectivity index (χ0) is 17.1. The monoisotopic (exact) mass is 337 g/mol. The van der Waals surface area contributed by atoms with Gasteiger partial charge in [0.1, 0.15) is 5.82 Å². The van der Waals surface area contributed by atoms with Gasteiger partial charge >= 0.3 is 0 Å². The van der Waals surface area contributed by atoms with E-state index in [0.29, 0.717) is 0 Å². The number of hydrogen-bond donors (Lipinski definition) is 0. The number of carbonyl (C=O) groups is 1. The first-order valence-corrected chi connectivity index (χ1v) is 8.97. The molecule has 0 bridgehead atoms. The van der Waals surface area contributed by atoms with Crippen molar-refractivity contribution in [3.63, 3.8) is 0 Å². The Labute approximate surface area is 148 Å². The Kier molecular flexibility index (Phi) is 4.50. The Morgan fingerprint density at radius 2 is 1.56 bits per heavy atom. The maximum Gasteiger partial charge on any atom is 0.227 e. The number of piperazine rings is 1. The Bertz CT molecular complexity index is 722. The maximum absolute atomic E-state index is 10.9. The molecule has 0 saturated carbocycles. The molecule has 1 aromatic carbocycles. The molecule has 0 N–H and O–H groups in total. The fraction of sp³-hybridized carbons (Fsp3) is 0.421. The molecule has 0 aliphatic carbocycles. The lowest BCUT2D eigenvalue weighted by atomic mass is 10.1. The molecule has 2 aromatic rings. The van der Waals surface area contributed by atoms with Crippen LogP contribution in [0.3, 0.4) is 0 Å². The van der Waals surface area contributed by atoms with Crippen molar-refractivity contribution in [1.82, 2.24) is 14.9 Å². The smallest absolute Gasteiger partial charge is 0.227 e. The van der Waals surface area contributed by atoms with Crippen LogP contribution in [0.2, 0.25) is 0 Å². The molecule has 3 heterocycles. The van der Waals surface area contributed by atoms with E-state index in [-0.39, 0.29) is 0 Å². The molecule has 1 amide bonds. The first-order chi connectivity index (χ1) is 12.3. The highest BCUT2D eigenvalue weighted by Gasteiger charge is 2.21. The second-order valence-corrected chi connectivity index (χ2v) is 6.60. The quantitative estimate of drug-likeness (QED) is 0.799. The normalized spacial score (nSPS) is 17.8. The Hall–Kier alpha value is -2.63. The summed E-state index contributed by atoms with van der Waals surface area (Å²) in [7, 11) is 0. The van der Waals surface area contributed by atoms with Crippen molar-refractivity contribution in [2.24, 2.45) is 0 Å². The summed E-state index contributed by atoms with van der Waals surface area (Å²) in [6.07, 6.45) is 3.33. The van der Waals surface area contributed by atoms with E-state index < -0.39 is 0 Å². The summed E-state index contributed by atoms with van der Waals surface area (Å²) in [5, 5.41) is 0. The zero-order valence-corrected chi connectivity index (χ0v) is 14.3. The predicted molar refractivity (Wildman–Crippen MR) is 98.8 cm³/mol. The number of anilines is 2. The van der Waals surface area contributed by atoms with E-state index in [1.54, 1.807) is 0 Å². The molecule has 2 aliphatic heterocycles. The predicted octanol–water partition coefficient (Wildman–Crippen LogP) is 2.02. The fourth-order valence-electron chi connectivity index (χ4n) is 3.46. The number of amides is 1. The summed E-state index contributed by atoms with van der Waals surface area (Å²) >= 11 is 0. The van der Waals surface area contributed by atoms with E-state index in [0.717, 1.165) is 68.7 Å². The molecule has 1 aromatic heterocycles. The summed E-state index contributed by atoms with van der Waals surface area (Å²) in [5.41, 5.74) is 2.07. The number of benzene rings is 1. The highest BCUT2D eigenvalue weighted by molar-refractivity contribution is 5.65. The molecule has 0 atom stereocenters. The van der Waals surface area contributed by atoms with E-state index in [4.69, 9.17) is 9.97 Å². The van der Waals surface area contributed by atoms with Crippen molar-refractivity contribution < 1.29 is 4.79 Å². The average Bonchev–Trinajstić information content (AvgIpc) is 3.23. The van der Waals surface area contributed by atoms with Gasteiger partial charge in [0.25, 0.3) is 0 Å². The van der Waals surface area contributed by atoms with Crippen molar-refractivity contribution in [3.8, 4) is 11.3 Å². The first kappa shape index (κ1) is 15.9. The van der Waals surface area contributed by atoms with Crippen LogP contribution < -0.4 is 9.80 Å².